The molecule has 4 rings (SSSR count). The number of sulfonamides is 1. The van der Waals surface area contributed by atoms with Crippen LogP contribution in [0.3, 0.4) is 0 Å². The highest BCUT2D eigenvalue weighted by Crippen LogP contribution is 2.27. The van der Waals surface area contributed by atoms with Gasteiger partial charge in [-0.3, -0.25) is 13.9 Å². The van der Waals surface area contributed by atoms with Crippen LogP contribution in [0, 0.1) is 13.8 Å². The van der Waals surface area contributed by atoms with Gasteiger partial charge in [-0.05, 0) is 81.5 Å². The zero-order chi connectivity index (χ0) is 32.6. The number of amides is 2. The Hall–Kier alpha value is -4.08. The van der Waals surface area contributed by atoms with Gasteiger partial charge in [0.1, 0.15) is 12.6 Å². The molecule has 0 unspecified atom stereocenters. The van der Waals surface area contributed by atoms with Gasteiger partial charge in [-0.15, -0.1) is 11.8 Å². The van der Waals surface area contributed by atoms with Crippen LogP contribution < -0.4 is 9.62 Å². The van der Waals surface area contributed by atoms with Crippen molar-refractivity contribution in [3.63, 3.8) is 0 Å². The van der Waals surface area contributed by atoms with E-state index in [9.17, 15) is 18.0 Å². The zero-order valence-corrected chi connectivity index (χ0v) is 28.1. The maximum absolute atomic E-state index is 14.5. The molecule has 0 saturated carbocycles. The third-order valence-corrected chi connectivity index (χ3v) is 9.96. The molecule has 236 valence electrons. The molecule has 0 aliphatic heterocycles. The Bertz CT molecular complexity index is 1670. The fraction of sp³-hybridized carbons (Fsp3) is 0.278. The summed E-state index contributed by atoms with van der Waals surface area (Å²) >= 11 is 1.51. The number of nitrogens with zero attached hydrogens (tertiary/aromatic N) is 2. The van der Waals surface area contributed by atoms with Crippen LogP contribution >= 0.6 is 11.8 Å². The summed E-state index contributed by atoms with van der Waals surface area (Å²) in [6.45, 7) is 7.29. The minimum atomic E-state index is -4.15. The standard InChI is InChI=1S/C36H41N3O4S2/c1-26(2)37-36(41)34(23-29-9-7-6-8-10-29)38(24-30-15-11-27(3)12-16-30)35(40)25-39(31-17-13-28(4)14-18-31)45(42,43)33-21-19-32(44-5)20-22-33/h6-22,26,34H,23-25H2,1-5H3,(H,37,41)/t34-/m1/s1. The van der Waals surface area contributed by atoms with E-state index >= 15 is 0 Å². The van der Waals surface area contributed by atoms with Crippen molar-refractivity contribution in [1.29, 1.82) is 0 Å². The third kappa shape index (κ3) is 8.99. The van der Waals surface area contributed by atoms with E-state index in [4.69, 9.17) is 0 Å². The molecule has 9 heteroatoms. The Labute approximate surface area is 271 Å². The van der Waals surface area contributed by atoms with Crippen LogP contribution in [0.1, 0.15) is 36.1 Å². The molecule has 0 radical (unpaired) electrons. The van der Waals surface area contributed by atoms with E-state index in [-0.39, 0.29) is 29.8 Å². The molecule has 4 aromatic carbocycles. The summed E-state index contributed by atoms with van der Waals surface area (Å²) in [6, 6.07) is 29.9. The number of aryl methyl sites for hydroxylation is 2. The number of anilines is 1. The summed E-state index contributed by atoms with van der Waals surface area (Å²) in [5.41, 5.74) is 4.12. The van der Waals surface area contributed by atoms with Crippen molar-refractivity contribution in [3.8, 4) is 0 Å². The van der Waals surface area contributed by atoms with Gasteiger partial charge in [0.15, 0.2) is 0 Å². The lowest BCUT2D eigenvalue weighted by atomic mass is 10.0. The number of carbonyl (C=O) groups is 2. The Morgan fingerprint density at radius 3 is 1.91 bits per heavy atom. The van der Waals surface area contributed by atoms with E-state index < -0.39 is 28.5 Å². The molecule has 1 N–H and O–H groups in total. The van der Waals surface area contributed by atoms with Gasteiger partial charge >= 0.3 is 0 Å². The van der Waals surface area contributed by atoms with E-state index in [2.05, 4.69) is 5.32 Å². The monoisotopic (exact) mass is 643 g/mol. The number of benzene rings is 4. The summed E-state index contributed by atoms with van der Waals surface area (Å²) in [6.07, 6.45) is 2.19. The van der Waals surface area contributed by atoms with Crippen LogP contribution in [-0.2, 0) is 32.6 Å². The van der Waals surface area contributed by atoms with E-state index in [1.54, 1.807) is 36.4 Å². The predicted molar refractivity (Wildman–Crippen MR) is 183 cm³/mol. The predicted octanol–water partition coefficient (Wildman–Crippen LogP) is 6.39. The second kappa shape index (κ2) is 15.3. The van der Waals surface area contributed by atoms with Crippen molar-refractivity contribution in [2.45, 2.75) is 62.5 Å². The first-order chi connectivity index (χ1) is 21.5. The largest absolute Gasteiger partial charge is 0.352 e. The molecule has 4 aromatic rings. The highest BCUT2D eigenvalue weighted by atomic mass is 32.2. The Balaban J connectivity index is 1.79. The van der Waals surface area contributed by atoms with Gasteiger partial charge in [0, 0.05) is 23.9 Å². The van der Waals surface area contributed by atoms with E-state index in [1.165, 1.54) is 16.7 Å². The molecule has 0 fully saturated rings. The van der Waals surface area contributed by atoms with Gasteiger partial charge in [0.2, 0.25) is 11.8 Å². The highest BCUT2D eigenvalue weighted by Gasteiger charge is 2.34. The maximum atomic E-state index is 14.5. The van der Waals surface area contributed by atoms with Crippen LogP contribution in [0.15, 0.2) is 113 Å². The molecule has 0 spiro atoms. The Morgan fingerprint density at radius 2 is 1.36 bits per heavy atom. The van der Waals surface area contributed by atoms with Crippen molar-refractivity contribution in [2.75, 3.05) is 17.1 Å². The molecule has 0 aromatic heterocycles. The number of nitrogens with one attached hydrogen (secondary N) is 1. The minimum Gasteiger partial charge on any atom is -0.352 e. The summed E-state index contributed by atoms with van der Waals surface area (Å²) in [5.74, 6) is -0.785. The Kier molecular flexibility index (Phi) is 11.5. The first-order valence-corrected chi connectivity index (χ1v) is 17.6. The van der Waals surface area contributed by atoms with Crippen molar-refractivity contribution in [3.05, 3.63) is 125 Å². The first kappa shape index (κ1) is 33.8. The van der Waals surface area contributed by atoms with Crippen LogP contribution in [0.5, 0.6) is 0 Å². The highest BCUT2D eigenvalue weighted by molar-refractivity contribution is 7.98. The fourth-order valence-corrected chi connectivity index (χ4v) is 6.76. The van der Waals surface area contributed by atoms with Crippen molar-refractivity contribution >= 4 is 39.3 Å². The molecule has 0 saturated heterocycles. The normalized spacial score (nSPS) is 12.0. The fourth-order valence-electron chi connectivity index (χ4n) is 4.94. The first-order valence-electron chi connectivity index (χ1n) is 14.9. The van der Waals surface area contributed by atoms with Gasteiger partial charge in [0.05, 0.1) is 10.6 Å². The molecule has 7 nitrogen and oxygen atoms in total. The van der Waals surface area contributed by atoms with E-state index in [0.717, 1.165) is 31.5 Å². The van der Waals surface area contributed by atoms with Gasteiger partial charge in [0.25, 0.3) is 10.0 Å². The number of carbonyl (C=O) groups excluding carboxylic acids is 2. The number of hydrogen-bond acceptors (Lipinski definition) is 5. The average Bonchev–Trinajstić information content (AvgIpc) is 3.03. The molecule has 2 amide bonds. The summed E-state index contributed by atoms with van der Waals surface area (Å²) in [4.78, 5) is 30.8. The summed E-state index contributed by atoms with van der Waals surface area (Å²) in [7, 11) is -4.15. The number of rotatable bonds is 13. The molecule has 0 heterocycles. The maximum Gasteiger partial charge on any atom is 0.264 e. The lowest BCUT2D eigenvalue weighted by molar-refractivity contribution is -0.140. The van der Waals surface area contributed by atoms with Gasteiger partial charge in [-0.1, -0.05) is 77.9 Å². The van der Waals surface area contributed by atoms with E-state index in [0.29, 0.717) is 5.69 Å². The van der Waals surface area contributed by atoms with Gasteiger partial charge in [-0.25, -0.2) is 8.42 Å². The molecule has 0 aliphatic rings. The summed E-state index contributed by atoms with van der Waals surface area (Å²) < 4.78 is 29.5. The second-order valence-electron chi connectivity index (χ2n) is 11.4. The van der Waals surface area contributed by atoms with Crippen molar-refractivity contribution < 1.29 is 18.0 Å². The smallest absolute Gasteiger partial charge is 0.264 e. The number of hydrogen-bond donors (Lipinski definition) is 1. The summed E-state index contributed by atoms with van der Waals surface area (Å²) in [5, 5.41) is 2.98. The van der Waals surface area contributed by atoms with Gasteiger partial charge in [-0.2, -0.15) is 0 Å². The molecule has 0 aliphatic carbocycles. The molecular formula is C36H41N3O4S2. The average molecular weight is 644 g/mol. The van der Waals surface area contributed by atoms with Gasteiger partial charge < -0.3 is 10.2 Å². The van der Waals surface area contributed by atoms with Crippen molar-refractivity contribution in [2.24, 2.45) is 0 Å². The van der Waals surface area contributed by atoms with Crippen molar-refractivity contribution in [1.82, 2.24) is 10.2 Å². The van der Waals surface area contributed by atoms with Crippen LogP contribution in [0.4, 0.5) is 5.69 Å². The lowest BCUT2D eigenvalue weighted by Crippen LogP contribution is -2.54. The molecule has 0 bridgehead atoms. The quantitative estimate of drug-likeness (QED) is 0.171. The lowest BCUT2D eigenvalue weighted by Gasteiger charge is -2.34. The second-order valence-corrected chi connectivity index (χ2v) is 14.1. The van der Waals surface area contributed by atoms with Crippen LogP contribution in [-0.4, -0.2) is 50.0 Å². The zero-order valence-electron chi connectivity index (χ0n) is 26.4. The third-order valence-electron chi connectivity index (χ3n) is 7.42. The SMILES string of the molecule is CSc1ccc(S(=O)(=O)N(CC(=O)N(Cc2ccc(C)cc2)[C@H](Cc2ccccc2)C(=O)NC(C)C)c2ccc(C)cc2)cc1. The Morgan fingerprint density at radius 1 is 0.778 bits per heavy atom. The number of thioether (sulfide) groups is 1. The topological polar surface area (TPSA) is 86.8 Å². The molecule has 45 heavy (non-hydrogen) atoms. The van der Waals surface area contributed by atoms with Crippen LogP contribution in [0.25, 0.3) is 0 Å². The molecular weight excluding hydrogens is 603 g/mol. The van der Waals surface area contributed by atoms with Crippen LogP contribution in [0.2, 0.25) is 0 Å². The molecule has 1 atom stereocenters. The van der Waals surface area contributed by atoms with E-state index in [1.807, 2.05) is 101 Å². The minimum absolute atomic E-state index is 0.0807.